The van der Waals surface area contributed by atoms with Gasteiger partial charge in [-0.2, -0.15) is 0 Å². The minimum absolute atomic E-state index is 0.208. The van der Waals surface area contributed by atoms with Crippen molar-refractivity contribution in [2.24, 2.45) is 0 Å². The van der Waals surface area contributed by atoms with Crippen LogP contribution < -0.4 is 4.74 Å². The number of nitrogens with zero attached hydrogens (tertiary/aromatic N) is 1. The molecule has 0 aromatic carbocycles. The molecule has 0 radical (unpaired) electrons. The van der Waals surface area contributed by atoms with E-state index >= 15 is 0 Å². The van der Waals surface area contributed by atoms with Crippen molar-refractivity contribution in [1.29, 1.82) is 0 Å². The van der Waals surface area contributed by atoms with Gasteiger partial charge >= 0.3 is 5.97 Å². The Bertz CT molecular complexity index is 408. The molecule has 0 unspecified atom stereocenters. The average molecular weight is 258 g/mol. The molecule has 1 aromatic rings. The Kier molecular flexibility index (Phi) is 5.42. The largest absolute Gasteiger partial charge is 0.484 e. The molecule has 1 rings (SSSR count). The standard InChI is InChI=1S/C11H12ClNO4/c1-2-16-11(15)4-9(14)7-17-10-3-8(12)5-13-6-10/h3,5-6H,2,4,7H2,1H3. The molecule has 0 amide bonds. The van der Waals surface area contributed by atoms with Crippen molar-refractivity contribution in [2.45, 2.75) is 13.3 Å². The predicted molar refractivity (Wildman–Crippen MR) is 61.0 cm³/mol. The van der Waals surface area contributed by atoms with Crippen molar-refractivity contribution >= 4 is 23.4 Å². The number of carbonyl (C=O) groups is 2. The van der Waals surface area contributed by atoms with Gasteiger partial charge in [-0.1, -0.05) is 11.6 Å². The second kappa shape index (κ2) is 6.85. The lowest BCUT2D eigenvalue weighted by Gasteiger charge is -2.05. The second-order valence-corrected chi connectivity index (χ2v) is 3.58. The summed E-state index contributed by atoms with van der Waals surface area (Å²) in [6, 6.07) is 1.53. The average Bonchev–Trinajstić information content (AvgIpc) is 2.27. The Balaban J connectivity index is 2.35. The lowest BCUT2D eigenvalue weighted by molar-refractivity contribution is -0.145. The molecule has 1 heterocycles. The summed E-state index contributed by atoms with van der Waals surface area (Å²) in [5, 5.41) is 0.417. The van der Waals surface area contributed by atoms with Crippen molar-refractivity contribution in [3.63, 3.8) is 0 Å². The number of halogens is 1. The monoisotopic (exact) mass is 257 g/mol. The van der Waals surface area contributed by atoms with Crippen LogP contribution in [0.1, 0.15) is 13.3 Å². The van der Waals surface area contributed by atoms with Crippen molar-refractivity contribution in [2.75, 3.05) is 13.2 Å². The van der Waals surface area contributed by atoms with Crippen LogP contribution in [0.5, 0.6) is 5.75 Å². The number of rotatable bonds is 6. The number of esters is 1. The first kappa shape index (κ1) is 13.4. The maximum Gasteiger partial charge on any atom is 0.313 e. The topological polar surface area (TPSA) is 65.5 Å². The second-order valence-electron chi connectivity index (χ2n) is 3.15. The van der Waals surface area contributed by atoms with Crippen molar-refractivity contribution in [3.05, 3.63) is 23.5 Å². The van der Waals surface area contributed by atoms with Crippen LogP contribution in [0.15, 0.2) is 18.5 Å². The van der Waals surface area contributed by atoms with Crippen LogP contribution in [-0.2, 0) is 14.3 Å². The van der Waals surface area contributed by atoms with Gasteiger partial charge in [-0.05, 0) is 6.92 Å². The molecule has 0 saturated carbocycles. The number of pyridine rings is 1. The SMILES string of the molecule is CCOC(=O)CC(=O)COc1cncc(Cl)c1. The zero-order valence-electron chi connectivity index (χ0n) is 9.31. The van der Waals surface area contributed by atoms with Crippen LogP contribution in [0.4, 0.5) is 0 Å². The van der Waals surface area contributed by atoms with Gasteiger partial charge in [0.05, 0.1) is 17.8 Å². The van der Waals surface area contributed by atoms with E-state index in [0.29, 0.717) is 10.8 Å². The molecular weight excluding hydrogens is 246 g/mol. The van der Waals surface area contributed by atoms with Crippen LogP contribution in [0.3, 0.4) is 0 Å². The van der Waals surface area contributed by atoms with Gasteiger partial charge in [0.2, 0.25) is 0 Å². The lowest BCUT2D eigenvalue weighted by atomic mass is 10.3. The van der Waals surface area contributed by atoms with Gasteiger partial charge in [0.1, 0.15) is 18.8 Å². The van der Waals surface area contributed by atoms with Crippen molar-refractivity contribution in [1.82, 2.24) is 4.98 Å². The molecule has 6 heteroatoms. The third-order valence-corrected chi connectivity index (χ3v) is 1.93. The fourth-order valence-corrected chi connectivity index (χ4v) is 1.22. The number of hydrogen-bond donors (Lipinski definition) is 0. The third kappa shape index (κ3) is 5.31. The highest BCUT2D eigenvalue weighted by atomic mass is 35.5. The van der Waals surface area contributed by atoms with Gasteiger partial charge in [0.15, 0.2) is 5.78 Å². The Hall–Kier alpha value is -1.62. The van der Waals surface area contributed by atoms with E-state index in [2.05, 4.69) is 9.72 Å². The molecule has 0 spiro atoms. The first-order valence-corrected chi connectivity index (χ1v) is 5.40. The molecule has 5 nitrogen and oxygen atoms in total. The van der Waals surface area contributed by atoms with E-state index in [1.165, 1.54) is 18.5 Å². The van der Waals surface area contributed by atoms with Gasteiger partial charge in [-0.3, -0.25) is 14.6 Å². The normalized spacial score (nSPS) is 9.76. The Morgan fingerprint density at radius 1 is 1.41 bits per heavy atom. The summed E-state index contributed by atoms with van der Waals surface area (Å²) in [7, 11) is 0. The molecule has 17 heavy (non-hydrogen) atoms. The van der Waals surface area contributed by atoms with E-state index in [1.807, 2.05) is 0 Å². The Morgan fingerprint density at radius 3 is 2.82 bits per heavy atom. The molecule has 0 aliphatic carbocycles. The highest BCUT2D eigenvalue weighted by molar-refractivity contribution is 6.30. The van der Waals surface area contributed by atoms with E-state index in [4.69, 9.17) is 16.3 Å². The molecule has 0 fully saturated rings. The number of Topliss-reactive ketones (excluding diaryl/α,β-unsaturated/α-hetero) is 1. The van der Waals surface area contributed by atoms with Crippen LogP contribution in [0.25, 0.3) is 0 Å². The van der Waals surface area contributed by atoms with Crippen LogP contribution in [0, 0.1) is 0 Å². The number of ketones is 1. The molecule has 0 saturated heterocycles. The summed E-state index contributed by atoms with van der Waals surface area (Å²) in [5.74, 6) is -0.525. The number of aromatic nitrogens is 1. The molecule has 0 bridgehead atoms. The van der Waals surface area contributed by atoms with Crippen molar-refractivity contribution < 1.29 is 19.1 Å². The summed E-state index contributed by atoms with van der Waals surface area (Å²) >= 11 is 5.68. The van der Waals surface area contributed by atoms with Crippen LogP contribution in [0.2, 0.25) is 5.02 Å². The molecule has 0 aliphatic rings. The van der Waals surface area contributed by atoms with E-state index in [-0.39, 0.29) is 25.4 Å². The Morgan fingerprint density at radius 2 is 2.18 bits per heavy atom. The van der Waals surface area contributed by atoms with E-state index in [1.54, 1.807) is 6.92 Å². The third-order valence-electron chi connectivity index (χ3n) is 1.73. The number of hydrogen-bond acceptors (Lipinski definition) is 5. The first-order valence-electron chi connectivity index (χ1n) is 5.02. The summed E-state index contributed by atoms with van der Waals surface area (Å²) in [4.78, 5) is 26.1. The van der Waals surface area contributed by atoms with Gasteiger partial charge < -0.3 is 9.47 Å². The molecule has 0 N–H and O–H groups in total. The van der Waals surface area contributed by atoms with Gasteiger partial charge in [0.25, 0.3) is 0 Å². The highest BCUT2D eigenvalue weighted by Gasteiger charge is 2.11. The fourth-order valence-electron chi connectivity index (χ4n) is 1.06. The minimum atomic E-state index is -0.551. The van der Waals surface area contributed by atoms with E-state index in [0.717, 1.165) is 0 Å². The molecular formula is C11H12ClNO4. The summed E-state index contributed by atoms with van der Waals surface area (Å²) in [6.45, 7) is 1.72. The van der Waals surface area contributed by atoms with Gasteiger partial charge in [0, 0.05) is 12.3 Å². The minimum Gasteiger partial charge on any atom is -0.484 e. The van der Waals surface area contributed by atoms with Crippen LogP contribution in [-0.4, -0.2) is 30.0 Å². The summed E-state index contributed by atoms with van der Waals surface area (Å²) in [6.07, 6.45) is 2.60. The Labute approximate surface area is 104 Å². The predicted octanol–water partition coefficient (Wildman–Crippen LogP) is 1.64. The number of carbonyl (C=O) groups excluding carboxylic acids is 2. The quantitative estimate of drug-likeness (QED) is 0.572. The number of ether oxygens (including phenoxy) is 2. The fraction of sp³-hybridized carbons (Fsp3) is 0.364. The highest BCUT2D eigenvalue weighted by Crippen LogP contribution is 2.14. The van der Waals surface area contributed by atoms with Crippen LogP contribution >= 0.6 is 11.6 Å². The van der Waals surface area contributed by atoms with E-state index < -0.39 is 5.97 Å². The molecule has 92 valence electrons. The molecule has 0 atom stereocenters. The van der Waals surface area contributed by atoms with E-state index in [9.17, 15) is 9.59 Å². The molecule has 0 aliphatic heterocycles. The van der Waals surface area contributed by atoms with Gasteiger partial charge in [-0.15, -0.1) is 0 Å². The van der Waals surface area contributed by atoms with Crippen molar-refractivity contribution in [3.8, 4) is 5.75 Å². The first-order chi connectivity index (χ1) is 8.11. The van der Waals surface area contributed by atoms with Gasteiger partial charge in [-0.25, -0.2) is 0 Å². The smallest absolute Gasteiger partial charge is 0.313 e. The lowest BCUT2D eigenvalue weighted by Crippen LogP contribution is -2.17. The summed E-state index contributed by atoms with van der Waals surface area (Å²) < 4.78 is 9.76. The summed E-state index contributed by atoms with van der Waals surface area (Å²) in [5.41, 5.74) is 0. The molecule has 1 aromatic heterocycles. The zero-order chi connectivity index (χ0) is 12.7. The zero-order valence-corrected chi connectivity index (χ0v) is 10.1. The maximum absolute atomic E-state index is 11.3. The maximum atomic E-state index is 11.3.